The molecule has 0 radical (unpaired) electrons. The Morgan fingerprint density at radius 3 is 2.67 bits per heavy atom. The number of anilines is 1. The molecule has 4 rings (SSSR count). The summed E-state index contributed by atoms with van der Waals surface area (Å²) < 4.78 is 13.2. The Morgan fingerprint density at radius 1 is 1.17 bits per heavy atom. The molecule has 0 spiro atoms. The Kier molecular flexibility index (Phi) is 8.07. The number of hydrogen-bond acceptors (Lipinski definition) is 5. The van der Waals surface area contributed by atoms with Gasteiger partial charge in [0.2, 0.25) is 11.8 Å². The van der Waals surface area contributed by atoms with Crippen molar-refractivity contribution in [3.05, 3.63) is 77.7 Å². The summed E-state index contributed by atoms with van der Waals surface area (Å²) in [6.07, 6.45) is 5.04. The van der Waals surface area contributed by atoms with E-state index in [1.165, 1.54) is 12.1 Å². The highest BCUT2D eigenvalue weighted by atomic mass is 19.1. The number of likely N-dealkylation sites (N-methyl/N-ethyl adjacent to an activating group) is 1. The maximum atomic E-state index is 13.2. The molecule has 3 aromatic rings. The third-order valence-electron chi connectivity index (χ3n) is 6.23. The molecule has 1 aliphatic heterocycles. The number of amides is 2. The zero-order valence-electron chi connectivity index (χ0n) is 20.9. The molecule has 0 saturated carbocycles. The summed E-state index contributed by atoms with van der Waals surface area (Å²) in [5.74, 6) is -0.442. The molecular weight excluding hydrogens is 457 g/mol. The van der Waals surface area contributed by atoms with E-state index in [-0.39, 0.29) is 30.2 Å². The Hall–Kier alpha value is -3.62. The van der Waals surface area contributed by atoms with Crippen LogP contribution in [-0.4, -0.2) is 77.8 Å². The third kappa shape index (κ3) is 6.53. The van der Waals surface area contributed by atoms with Gasteiger partial charge in [-0.2, -0.15) is 0 Å². The lowest BCUT2D eigenvalue weighted by Gasteiger charge is -2.39. The molecule has 188 valence electrons. The molecule has 1 N–H and O–H groups in total. The Morgan fingerprint density at radius 2 is 1.94 bits per heavy atom. The van der Waals surface area contributed by atoms with Crippen LogP contribution in [0.4, 0.5) is 10.1 Å². The van der Waals surface area contributed by atoms with E-state index in [1.54, 1.807) is 35.4 Å². The van der Waals surface area contributed by atoms with Gasteiger partial charge in [0.05, 0.1) is 12.1 Å². The molecule has 1 atom stereocenters. The number of carbonyl (C=O) groups is 2. The topological polar surface area (TPSA) is 68.8 Å². The van der Waals surface area contributed by atoms with E-state index in [1.807, 2.05) is 50.2 Å². The molecule has 0 bridgehead atoms. The van der Waals surface area contributed by atoms with Gasteiger partial charge in [-0.05, 0) is 63.0 Å². The first-order chi connectivity index (χ1) is 17.3. The molecule has 0 unspecified atom stereocenters. The van der Waals surface area contributed by atoms with Crippen LogP contribution in [-0.2, 0) is 16.1 Å². The smallest absolute Gasteiger partial charge is 0.246 e. The van der Waals surface area contributed by atoms with Crippen molar-refractivity contribution >= 4 is 34.5 Å². The normalized spacial score (nSPS) is 16.7. The minimum Gasteiger partial charge on any atom is -0.334 e. The number of nitrogens with one attached hydrogen (secondary N) is 1. The van der Waals surface area contributed by atoms with E-state index in [9.17, 15) is 14.0 Å². The summed E-state index contributed by atoms with van der Waals surface area (Å²) in [5, 5.41) is 3.87. The summed E-state index contributed by atoms with van der Waals surface area (Å²) in [7, 11) is 3.67. The highest BCUT2D eigenvalue weighted by Gasteiger charge is 2.26. The summed E-state index contributed by atoms with van der Waals surface area (Å²) in [5.41, 5.74) is 3.21. The first-order valence-electron chi connectivity index (χ1n) is 12.1. The van der Waals surface area contributed by atoms with Crippen molar-refractivity contribution in [2.75, 3.05) is 45.6 Å². The summed E-state index contributed by atoms with van der Waals surface area (Å²) in [6, 6.07) is 14.1. The van der Waals surface area contributed by atoms with E-state index in [4.69, 9.17) is 0 Å². The van der Waals surface area contributed by atoms with E-state index in [0.29, 0.717) is 12.2 Å². The molecule has 0 aliphatic carbocycles. The maximum absolute atomic E-state index is 13.2. The average Bonchev–Trinajstić information content (AvgIpc) is 2.83. The van der Waals surface area contributed by atoms with Crippen LogP contribution >= 0.6 is 0 Å². The van der Waals surface area contributed by atoms with Gasteiger partial charge in [-0.15, -0.1) is 0 Å². The predicted octanol–water partition coefficient (Wildman–Crippen LogP) is 3.62. The van der Waals surface area contributed by atoms with E-state index < -0.39 is 0 Å². The van der Waals surface area contributed by atoms with Gasteiger partial charge in [0, 0.05) is 61.1 Å². The van der Waals surface area contributed by atoms with E-state index >= 15 is 0 Å². The summed E-state index contributed by atoms with van der Waals surface area (Å²) in [4.78, 5) is 35.9. The first-order valence-corrected chi connectivity index (χ1v) is 12.1. The van der Waals surface area contributed by atoms with Gasteiger partial charge in [-0.25, -0.2) is 4.39 Å². The Bertz CT molecular complexity index is 1260. The minimum absolute atomic E-state index is 0.0360. The number of pyridine rings is 1. The van der Waals surface area contributed by atoms with Gasteiger partial charge in [-0.1, -0.05) is 18.2 Å². The highest BCUT2D eigenvalue weighted by Crippen LogP contribution is 2.25. The number of benzene rings is 2. The Labute approximate surface area is 211 Å². The van der Waals surface area contributed by atoms with Crippen LogP contribution in [0.25, 0.3) is 17.0 Å². The molecule has 1 fully saturated rings. The zero-order valence-corrected chi connectivity index (χ0v) is 20.9. The van der Waals surface area contributed by atoms with Crippen LogP contribution in [0.1, 0.15) is 18.1 Å². The summed E-state index contributed by atoms with van der Waals surface area (Å²) in [6.45, 7) is 5.11. The number of rotatable bonds is 7. The van der Waals surface area contributed by atoms with Gasteiger partial charge in [-0.3, -0.25) is 19.5 Å². The van der Waals surface area contributed by atoms with Gasteiger partial charge in [0.25, 0.3) is 0 Å². The van der Waals surface area contributed by atoms with Crippen molar-refractivity contribution < 1.29 is 14.0 Å². The molecule has 8 heteroatoms. The SMILES string of the molecule is C[C@@H]1CN(Cc2ccc(F)cc2)CCN1C(=O)C=Cc1cc2ncccc2cc1NC(=O)CN(C)C. The summed E-state index contributed by atoms with van der Waals surface area (Å²) >= 11 is 0. The number of piperazine rings is 1. The fraction of sp³-hybridized carbons (Fsp3) is 0.321. The lowest BCUT2D eigenvalue weighted by Crippen LogP contribution is -2.53. The molecule has 1 aliphatic rings. The molecule has 36 heavy (non-hydrogen) atoms. The number of halogens is 1. The molecule has 2 aromatic carbocycles. The Balaban J connectivity index is 1.45. The van der Waals surface area contributed by atoms with Crippen LogP contribution in [0.15, 0.2) is 60.8 Å². The van der Waals surface area contributed by atoms with Crippen molar-refractivity contribution in [2.24, 2.45) is 0 Å². The molecular formula is C28H32FN5O2. The number of aromatic nitrogens is 1. The predicted molar refractivity (Wildman–Crippen MR) is 141 cm³/mol. The standard InChI is InChI=1S/C28H32FN5O2/c1-20-17-33(18-21-6-9-24(29)10-7-21)13-14-34(20)28(36)11-8-23-15-25-22(5-4-12-30-25)16-26(23)31-27(35)19-32(2)3/h4-12,15-16,20H,13-14,17-19H2,1-3H3,(H,31,35)/t20-/m1/s1. The van der Waals surface area contributed by atoms with Crippen molar-refractivity contribution in [1.82, 2.24) is 19.7 Å². The highest BCUT2D eigenvalue weighted by molar-refractivity contribution is 6.00. The third-order valence-corrected chi connectivity index (χ3v) is 6.23. The number of hydrogen-bond donors (Lipinski definition) is 1. The largest absolute Gasteiger partial charge is 0.334 e. The zero-order chi connectivity index (χ0) is 25.7. The first kappa shape index (κ1) is 25.5. The van der Waals surface area contributed by atoms with Crippen LogP contribution in [0.3, 0.4) is 0 Å². The lowest BCUT2D eigenvalue weighted by atomic mass is 10.1. The second-order valence-corrected chi connectivity index (χ2v) is 9.50. The van der Waals surface area contributed by atoms with Crippen LogP contribution in [0.5, 0.6) is 0 Å². The van der Waals surface area contributed by atoms with Crippen LogP contribution in [0, 0.1) is 5.82 Å². The molecule has 1 saturated heterocycles. The fourth-order valence-corrected chi connectivity index (χ4v) is 4.47. The maximum Gasteiger partial charge on any atom is 0.246 e. The number of carbonyl (C=O) groups excluding carboxylic acids is 2. The molecule has 2 heterocycles. The fourth-order valence-electron chi connectivity index (χ4n) is 4.47. The molecule has 1 aromatic heterocycles. The second-order valence-electron chi connectivity index (χ2n) is 9.50. The molecule has 7 nitrogen and oxygen atoms in total. The average molecular weight is 490 g/mol. The van der Waals surface area contributed by atoms with Gasteiger partial charge in [0.15, 0.2) is 0 Å². The van der Waals surface area contributed by atoms with Crippen molar-refractivity contribution in [2.45, 2.75) is 19.5 Å². The van der Waals surface area contributed by atoms with Crippen molar-refractivity contribution in [3.63, 3.8) is 0 Å². The van der Waals surface area contributed by atoms with Crippen molar-refractivity contribution in [3.8, 4) is 0 Å². The van der Waals surface area contributed by atoms with Crippen LogP contribution < -0.4 is 5.32 Å². The quantitative estimate of drug-likeness (QED) is 0.514. The second kappa shape index (κ2) is 11.4. The van der Waals surface area contributed by atoms with E-state index in [2.05, 4.69) is 15.2 Å². The number of fused-ring (bicyclic) bond motifs is 1. The lowest BCUT2D eigenvalue weighted by molar-refractivity contribution is -0.130. The van der Waals surface area contributed by atoms with Crippen LogP contribution in [0.2, 0.25) is 0 Å². The van der Waals surface area contributed by atoms with Gasteiger partial charge < -0.3 is 15.1 Å². The van der Waals surface area contributed by atoms with Gasteiger partial charge >= 0.3 is 0 Å². The molecule has 2 amide bonds. The van der Waals surface area contributed by atoms with Gasteiger partial charge in [0.1, 0.15) is 5.82 Å². The van der Waals surface area contributed by atoms with E-state index in [0.717, 1.165) is 41.7 Å². The minimum atomic E-state index is -0.239. The number of nitrogens with zero attached hydrogens (tertiary/aromatic N) is 4. The monoisotopic (exact) mass is 489 g/mol. The van der Waals surface area contributed by atoms with Crippen molar-refractivity contribution in [1.29, 1.82) is 0 Å².